The summed E-state index contributed by atoms with van der Waals surface area (Å²) in [7, 11) is 0. The summed E-state index contributed by atoms with van der Waals surface area (Å²) < 4.78 is 23.7. The number of hydrogen-bond acceptors (Lipinski definition) is 6. The van der Waals surface area contributed by atoms with Gasteiger partial charge >= 0.3 is 12.3 Å². The third-order valence-electron chi connectivity index (χ3n) is 11.3. The van der Waals surface area contributed by atoms with Gasteiger partial charge in [0.25, 0.3) is 0 Å². The van der Waals surface area contributed by atoms with Gasteiger partial charge in [-0.1, -0.05) is 90.3 Å². The van der Waals surface area contributed by atoms with E-state index in [-0.39, 0.29) is 29.0 Å². The summed E-state index contributed by atoms with van der Waals surface area (Å²) in [6.45, 7) is 27.6. The van der Waals surface area contributed by atoms with E-state index < -0.39 is 12.3 Å². The van der Waals surface area contributed by atoms with Crippen LogP contribution in [0.15, 0.2) is 47.6 Å². The van der Waals surface area contributed by atoms with Gasteiger partial charge in [-0.05, 0) is 144 Å². The van der Waals surface area contributed by atoms with Crippen molar-refractivity contribution in [3.8, 4) is 11.5 Å². The monoisotopic (exact) mass is 714 g/mol. The highest BCUT2D eigenvalue weighted by molar-refractivity contribution is 5.67. The maximum Gasteiger partial charge on any atom is 0.514 e. The summed E-state index contributed by atoms with van der Waals surface area (Å²) in [5, 5.41) is 0. The molecule has 2 aromatic rings. The van der Waals surface area contributed by atoms with E-state index in [1.807, 2.05) is 26.0 Å². The van der Waals surface area contributed by atoms with Gasteiger partial charge in [0.2, 0.25) is 0 Å². The lowest BCUT2D eigenvalue weighted by Crippen LogP contribution is -2.27. The molecule has 52 heavy (non-hydrogen) atoms. The van der Waals surface area contributed by atoms with Crippen LogP contribution in [0.2, 0.25) is 0 Å². The van der Waals surface area contributed by atoms with Crippen molar-refractivity contribution in [3.05, 3.63) is 80.9 Å². The summed E-state index contributed by atoms with van der Waals surface area (Å²) in [6.07, 6.45) is 10.6. The van der Waals surface area contributed by atoms with Crippen molar-refractivity contribution in [2.24, 2.45) is 11.8 Å². The highest BCUT2D eigenvalue weighted by Crippen LogP contribution is 2.43. The van der Waals surface area contributed by atoms with E-state index in [1.165, 1.54) is 22.3 Å². The molecule has 4 atom stereocenters. The van der Waals surface area contributed by atoms with Crippen LogP contribution >= 0.6 is 0 Å². The van der Waals surface area contributed by atoms with Gasteiger partial charge in [0.05, 0.1) is 0 Å². The molecule has 0 aliphatic heterocycles. The molecule has 0 saturated heterocycles. The van der Waals surface area contributed by atoms with Gasteiger partial charge in [0.1, 0.15) is 23.7 Å². The summed E-state index contributed by atoms with van der Waals surface area (Å²) >= 11 is 0. The van der Waals surface area contributed by atoms with Gasteiger partial charge in [-0.15, -0.1) is 0 Å². The van der Waals surface area contributed by atoms with Crippen LogP contribution in [0.1, 0.15) is 167 Å². The van der Waals surface area contributed by atoms with E-state index in [0.717, 1.165) is 73.6 Å². The number of aryl methyl sites for hydroxylation is 2. The van der Waals surface area contributed by atoms with Crippen LogP contribution in [0.5, 0.6) is 11.5 Å². The molecule has 2 aromatic carbocycles. The Morgan fingerprint density at radius 2 is 1.06 bits per heavy atom. The average Bonchev–Trinajstić information content (AvgIpc) is 3.03. The molecule has 2 aliphatic carbocycles. The number of benzene rings is 2. The van der Waals surface area contributed by atoms with E-state index in [9.17, 15) is 9.59 Å². The molecule has 0 bridgehead atoms. The van der Waals surface area contributed by atoms with E-state index in [2.05, 4.69) is 100 Å². The highest BCUT2D eigenvalue weighted by Gasteiger charge is 2.31. The maximum atomic E-state index is 13.2. The Bertz CT molecular complexity index is 1530. The van der Waals surface area contributed by atoms with Crippen molar-refractivity contribution in [2.45, 2.75) is 170 Å². The van der Waals surface area contributed by atoms with Crippen LogP contribution in [-0.2, 0) is 20.3 Å². The Labute approximate surface area is 314 Å². The molecule has 0 spiro atoms. The van der Waals surface area contributed by atoms with Crippen LogP contribution in [-0.4, -0.2) is 24.5 Å². The quantitative estimate of drug-likeness (QED) is 0.139. The SMILES string of the molecule is CCCC(c1cc(C(C)(C)C)c(OC(=O)OC(C)C2CC=C(C)CC2)cc1C)c1cc(C(C)(C)C)c(OC(=O)OC(C)C2CC=C(C)CC2)cc1C. The zero-order chi connectivity index (χ0) is 38.5. The van der Waals surface area contributed by atoms with E-state index >= 15 is 0 Å². The molecule has 286 valence electrons. The molecular weight excluding hydrogens is 648 g/mol. The fourth-order valence-electron chi connectivity index (χ4n) is 7.80. The highest BCUT2D eigenvalue weighted by atomic mass is 16.7. The predicted molar refractivity (Wildman–Crippen MR) is 212 cm³/mol. The summed E-state index contributed by atoms with van der Waals surface area (Å²) in [5.41, 5.74) is 8.65. The Balaban J connectivity index is 1.64. The van der Waals surface area contributed by atoms with Crippen molar-refractivity contribution < 1.29 is 28.5 Å². The summed E-state index contributed by atoms with van der Waals surface area (Å²) in [5.74, 6) is 1.77. The first-order valence-corrected chi connectivity index (χ1v) is 19.7. The Kier molecular flexibility index (Phi) is 13.5. The van der Waals surface area contributed by atoms with Crippen molar-refractivity contribution >= 4 is 12.3 Å². The van der Waals surface area contributed by atoms with Crippen LogP contribution in [0, 0.1) is 25.7 Å². The number of carbonyl (C=O) groups is 2. The Hall–Kier alpha value is -3.54. The lowest BCUT2D eigenvalue weighted by Gasteiger charge is -2.30. The fourth-order valence-corrected chi connectivity index (χ4v) is 7.80. The van der Waals surface area contributed by atoms with Crippen LogP contribution in [0.4, 0.5) is 9.59 Å². The van der Waals surface area contributed by atoms with E-state index in [0.29, 0.717) is 23.3 Å². The van der Waals surface area contributed by atoms with Crippen LogP contribution in [0.3, 0.4) is 0 Å². The topological polar surface area (TPSA) is 71.1 Å². The average molecular weight is 715 g/mol. The van der Waals surface area contributed by atoms with Gasteiger partial charge in [0.15, 0.2) is 0 Å². The second-order valence-corrected chi connectivity index (χ2v) is 17.8. The van der Waals surface area contributed by atoms with Gasteiger partial charge in [-0.3, -0.25) is 0 Å². The molecule has 4 rings (SSSR count). The standard InChI is InChI=1S/C46H66O6/c1-14-15-36(37-26-39(45(8,9)10)41(24-30(37)4)51-43(47)49-32(6)34-20-16-28(2)17-21-34)38-27-40(46(11,12)13)42(25-31(38)5)52-44(48)50-33(7)35-22-18-29(3)19-23-35/h16,18,24-27,32-36H,14-15,17,19-23H2,1-13H3. The van der Waals surface area contributed by atoms with E-state index in [1.54, 1.807) is 0 Å². The van der Waals surface area contributed by atoms with Gasteiger partial charge in [-0.2, -0.15) is 0 Å². The third-order valence-corrected chi connectivity index (χ3v) is 11.3. The zero-order valence-corrected chi connectivity index (χ0v) is 34.5. The third kappa shape index (κ3) is 10.5. The van der Waals surface area contributed by atoms with Crippen LogP contribution < -0.4 is 9.47 Å². The normalized spacial score (nSPS) is 19.9. The molecule has 2 aliphatic rings. The van der Waals surface area contributed by atoms with Crippen molar-refractivity contribution in [1.29, 1.82) is 0 Å². The lowest BCUT2D eigenvalue weighted by atomic mass is 9.76. The van der Waals surface area contributed by atoms with E-state index in [4.69, 9.17) is 18.9 Å². The minimum atomic E-state index is -0.651. The summed E-state index contributed by atoms with van der Waals surface area (Å²) in [4.78, 5) is 26.4. The van der Waals surface area contributed by atoms with Crippen molar-refractivity contribution in [1.82, 2.24) is 0 Å². The number of rotatable bonds is 10. The first kappa shape index (κ1) is 41.2. The molecular formula is C46H66O6. The van der Waals surface area contributed by atoms with Crippen LogP contribution in [0.25, 0.3) is 0 Å². The zero-order valence-electron chi connectivity index (χ0n) is 34.5. The largest absolute Gasteiger partial charge is 0.514 e. The fraction of sp³-hybridized carbons (Fsp3) is 0.609. The second-order valence-electron chi connectivity index (χ2n) is 17.8. The molecule has 0 radical (unpaired) electrons. The number of hydrogen-bond donors (Lipinski definition) is 0. The molecule has 6 heteroatoms. The minimum absolute atomic E-state index is 0.0832. The lowest BCUT2D eigenvalue weighted by molar-refractivity contribution is 0.0354. The first-order chi connectivity index (χ1) is 24.3. The Morgan fingerprint density at radius 3 is 1.37 bits per heavy atom. The predicted octanol–water partition coefficient (Wildman–Crippen LogP) is 13.1. The Morgan fingerprint density at radius 1 is 0.673 bits per heavy atom. The van der Waals surface area contributed by atoms with Crippen molar-refractivity contribution in [2.75, 3.05) is 0 Å². The maximum absolute atomic E-state index is 13.2. The summed E-state index contributed by atoms with van der Waals surface area (Å²) in [6, 6.07) is 8.49. The molecule has 0 amide bonds. The number of allylic oxidation sites excluding steroid dienone is 4. The molecule has 0 heterocycles. The smallest absolute Gasteiger partial charge is 0.431 e. The van der Waals surface area contributed by atoms with Crippen molar-refractivity contribution in [3.63, 3.8) is 0 Å². The molecule has 0 aromatic heterocycles. The molecule has 4 unspecified atom stereocenters. The van der Waals surface area contributed by atoms with Gasteiger partial charge in [-0.25, -0.2) is 9.59 Å². The second kappa shape index (κ2) is 17.1. The number of ether oxygens (including phenoxy) is 4. The molecule has 0 N–H and O–H groups in total. The number of carbonyl (C=O) groups excluding carboxylic acids is 2. The van der Waals surface area contributed by atoms with Gasteiger partial charge in [0, 0.05) is 17.0 Å². The molecule has 0 saturated carbocycles. The molecule has 6 nitrogen and oxygen atoms in total. The van der Waals surface area contributed by atoms with Gasteiger partial charge < -0.3 is 18.9 Å². The molecule has 0 fully saturated rings. The first-order valence-electron chi connectivity index (χ1n) is 19.7. The minimum Gasteiger partial charge on any atom is -0.431 e.